The first kappa shape index (κ1) is 19.0. The monoisotopic (exact) mass is 327 g/mol. The van der Waals surface area contributed by atoms with Crippen molar-refractivity contribution in [2.45, 2.75) is 39.7 Å². The normalized spacial score (nSPS) is 13.0. The number of rotatable bonds is 6. The Bertz CT molecular complexity index is 476. The highest BCUT2D eigenvalue weighted by molar-refractivity contribution is 6.27. The fourth-order valence-electron chi connectivity index (χ4n) is 2.28. The van der Waals surface area contributed by atoms with E-state index >= 15 is 0 Å². The number of fused-ring (bicyclic) bond motifs is 1. The average Bonchev–Trinajstić information content (AvgIpc) is 2.94. The molecule has 130 valence electrons. The van der Waals surface area contributed by atoms with Crippen LogP contribution in [0.15, 0.2) is 6.07 Å². The van der Waals surface area contributed by atoms with E-state index in [2.05, 4.69) is 34.6 Å². The highest BCUT2D eigenvalue weighted by Crippen LogP contribution is 2.19. The molecule has 0 bridgehead atoms. The van der Waals surface area contributed by atoms with Crippen LogP contribution in [0, 0.1) is 0 Å². The average molecular weight is 327 g/mol. The van der Waals surface area contributed by atoms with Gasteiger partial charge in [0, 0.05) is 24.8 Å². The van der Waals surface area contributed by atoms with Crippen molar-refractivity contribution in [2.24, 2.45) is 0 Å². The molecule has 1 aromatic heterocycles. The molecule has 2 rings (SSSR count). The third kappa shape index (κ3) is 6.68. The molecule has 0 fully saturated rings. The molecule has 0 spiro atoms. The minimum absolute atomic E-state index is 0.734. The number of aryl methyl sites for hydroxylation is 2. The maximum atomic E-state index is 9.10. The Hall–Kier alpha value is -2.09. The molecule has 23 heavy (non-hydrogen) atoms. The van der Waals surface area contributed by atoms with Crippen molar-refractivity contribution < 1.29 is 24.5 Å². The van der Waals surface area contributed by atoms with E-state index in [1.807, 2.05) is 0 Å². The van der Waals surface area contributed by atoms with Crippen LogP contribution in [0.2, 0.25) is 0 Å². The van der Waals surface area contributed by atoms with Gasteiger partial charge >= 0.3 is 11.9 Å². The molecular weight excluding hydrogens is 302 g/mol. The van der Waals surface area contributed by atoms with Crippen LogP contribution < -0.4 is 4.74 Å². The van der Waals surface area contributed by atoms with E-state index < -0.39 is 11.9 Å². The number of aromatic nitrogens is 2. The molecule has 0 saturated carbocycles. The number of carboxylic acid groups (broad SMARTS) is 2. The molecule has 0 saturated heterocycles. The number of ether oxygens (including phenoxy) is 1. The highest BCUT2D eigenvalue weighted by atomic mass is 16.5. The van der Waals surface area contributed by atoms with Gasteiger partial charge in [0.25, 0.3) is 0 Å². The summed E-state index contributed by atoms with van der Waals surface area (Å²) in [7, 11) is 0. The first-order chi connectivity index (χ1) is 11.0. The van der Waals surface area contributed by atoms with Gasteiger partial charge in [-0.25, -0.2) is 9.59 Å². The molecule has 8 nitrogen and oxygen atoms in total. The molecule has 2 heterocycles. The fraction of sp³-hybridized carbons (Fsp3) is 0.667. The number of nitrogens with zero attached hydrogens (tertiary/aromatic N) is 3. The molecule has 0 radical (unpaired) electrons. The van der Waals surface area contributed by atoms with Crippen LogP contribution in [0.5, 0.6) is 5.88 Å². The summed E-state index contributed by atoms with van der Waals surface area (Å²) in [4.78, 5) is 20.6. The molecule has 1 aliphatic rings. The smallest absolute Gasteiger partial charge is 0.414 e. The van der Waals surface area contributed by atoms with E-state index in [-0.39, 0.29) is 0 Å². The number of hydrogen-bond donors (Lipinski definition) is 2. The molecule has 1 aliphatic heterocycles. The number of carboxylic acids is 2. The third-order valence-electron chi connectivity index (χ3n) is 3.63. The zero-order valence-electron chi connectivity index (χ0n) is 13.7. The lowest BCUT2D eigenvalue weighted by Gasteiger charge is -2.17. The molecule has 0 amide bonds. The molecule has 0 aliphatic carbocycles. The summed E-state index contributed by atoms with van der Waals surface area (Å²) in [6.45, 7) is 9.29. The van der Waals surface area contributed by atoms with Crippen LogP contribution in [0.4, 0.5) is 0 Å². The van der Waals surface area contributed by atoms with E-state index in [1.165, 1.54) is 18.5 Å². The Labute approximate surface area is 135 Å². The lowest BCUT2D eigenvalue weighted by molar-refractivity contribution is -0.159. The van der Waals surface area contributed by atoms with Gasteiger partial charge in [0.15, 0.2) is 0 Å². The number of hydrogen-bond acceptors (Lipinski definition) is 5. The molecular formula is C15H25N3O5. The summed E-state index contributed by atoms with van der Waals surface area (Å²) in [6, 6.07) is 2.10. The second kappa shape index (κ2) is 9.83. The van der Waals surface area contributed by atoms with Crippen molar-refractivity contribution >= 4 is 11.9 Å². The first-order valence-corrected chi connectivity index (χ1v) is 7.86. The topological polar surface area (TPSA) is 105 Å². The van der Waals surface area contributed by atoms with Crippen LogP contribution in [0.25, 0.3) is 0 Å². The van der Waals surface area contributed by atoms with Gasteiger partial charge < -0.3 is 19.8 Å². The second-order valence-electron chi connectivity index (χ2n) is 5.14. The van der Waals surface area contributed by atoms with Gasteiger partial charge in [0.2, 0.25) is 5.88 Å². The van der Waals surface area contributed by atoms with Crippen molar-refractivity contribution in [2.75, 3.05) is 26.2 Å². The summed E-state index contributed by atoms with van der Waals surface area (Å²) < 4.78 is 7.81. The Balaban J connectivity index is 0.000000379. The van der Waals surface area contributed by atoms with Crippen molar-refractivity contribution in [3.63, 3.8) is 0 Å². The van der Waals surface area contributed by atoms with E-state index in [0.717, 1.165) is 45.1 Å². The third-order valence-corrected chi connectivity index (χ3v) is 3.63. The SMILES string of the molecule is CCN(CC)CCOc1cc2n(n1)CCCC2.O=C(O)C(=O)O. The number of aliphatic carboxylic acids is 2. The molecule has 0 atom stereocenters. The van der Waals surface area contributed by atoms with Crippen molar-refractivity contribution in [1.29, 1.82) is 0 Å². The van der Waals surface area contributed by atoms with Crippen LogP contribution in [-0.4, -0.2) is 63.1 Å². The zero-order chi connectivity index (χ0) is 17.2. The molecule has 2 N–H and O–H groups in total. The fourth-order valence-corrected chi connectivity index (χ4v) is 2.28. The van der Waals surface area contributed by atoms with Gasteiger partial charge in [-0.3, -0.25) is 4.68 Å². The summed E-state index contributed by atoms with van der Waals surface area (Å²) >= 11 is 0. The second-order valence-corrected chi connectivity index (χ2v) is 5.14. The standard InChI is InChI=1S/C13H23N3O.C2H2O4/c1-3-15(4-2)9-10-17-13-11-12-7-5-6-8-16(12)14-13;3-1(4)2(5)6/h11H,3-10H2,1-2H3;(H,3,4)(H,5,6). The van der Waals surface area contributed by atoms with Crippen LogP contribution in [0.1, 0.15) is 32.4 Å². The van der Waals surface area contributed by atoms with Gasteiger partial charge in [-0.15, -0.1) is 5.10 Å². The number of likely N-dealkylation sites (N-methyl/N-ethyl adjacent to an activating group) is 1. The van der Waals surface area contributed by atoms with Crippen LogP contribution in [0.3, 0.4) is 0 Å². The summed E-state index contributed by atoms with van der Waals surface area (Å²) in [5.41, 5.74) is 1.33. The maximum Gasteiger partial charge on any atom is 0.414 e. The summed E-state index contributed by atoms with van der Waals surface area (Å²) in [5, 5.41) is 19.3. The summed E-state index contributed by atoms with van der Waals surface area (Å²) in [6.07, 6.45) is 3.67. The van der Waals surface area contributed by atoms with Crippen molar-refractivity contribution in [1.82, 2.24) is 14.7 Å². The minimum Gasteiger partial charge on any atom is -0.475 e. The van der Waals surface area contributed by atoms with E-state index in [9.17, 15) is 0 Å². The van der Waals surface area contributed by atoms with Crippen LogP contribution >= 0.6 is 0 Å². The summed E-state index contributed by atoms with van der Waals surface area (Å²) in [5.74, 6) is -2.85. The lowest BCUT2D eigenvalue weighted by atomic mass is 10.1. The predicted octanol–water partition coefficient (Wildman–Crippen LogP) is 1.10. The van der Waals surface area contributed by atoms with Crippen molar-refractivity contribution in [3.8, 4) is 5.88 Å². The Morgan fingerprint density at radius 3 is 2.43 bits per heavy atom. The minimum atomic E-state index is -1.82. The zero-order valence-corrected chi connectivity index (χ0v) is 13.7. The van der Waals surface area contributed by atoms with Gasteiger partial charge in [0.1, 0.15) is 6.61 Å². The molecule has 0 aromatic carbocycles. The van der Waals surface area contributed by atoms with Crippen molar-refractivity contribution in [3.05, 3.63) is 11.8 Å². The quantitative estimate of drug-likeness (QED) is 0.754. The number of carbonyl (C=O) groups is 2. The molecule has 8 heteroatoms. The van der Waals surface area contributed by atoms with E-state index in [1.54, 1.807) is 0 Å². The first-order valence-electron chi connectivity index (χ1n) is 7.86. The Morgan fingerprint density at radius 2 is 1.91 bits per heavy atom. The van der Waals surface area contributed by atoms with Gasteiger partial charge in [-0.05, 0) is 32.4 Å². The largest absolute Gasteiger partial charge is 0.475 e. The van der Waals surface area contributed by atoms with Crippen LogP contribution in [-0.2, 0) is 22.6 Å². The molecule has 0 unspecified atom stereocenters. The maximum absolute atomic E-state index is 9.10. The Morgan fingerprint density at radius 1 is 1.26 bits per heavy atom. The van der Waals surface area contributed by atoms with Gasteiger partial charge in [-0.2, -0.15) is 0 Å². The highest BCUT2D eigenvalue weighted by Gasteiger charge is 2.12. The van der Waals surface area contributed by atoms with Gasteiger partial charge in [0.05, 0.1) is 0 Å². The Kier molecular flexibility index (Phi) is 8.10. The van der Waals surface area contributed by atoms with Gasteiger partial charge in [-0.1, -0.05) is 13.8 Å². The van der Waals surface area contributed by atoms with E-state index in [4.69, 9.17) is 24.5 Å². The predicted molar refractivity (Wildman–Crippen MR) is 83.7 cm³/mol. The molecule has 1 aromatic rings. The van der Waals surface area contributed by atoms with E-state index in [0.29, 0.717) is 0 Å². The lowest BCUT2D eigenvalue weighted by Crippen LogP contribution is -2.27.